The van der Waals surface area contributed by atoms with E-state index in [0.29, 0.717) is 0 Å². The summed E-state index contributed by atoms with van der Waals surface area (Å²) in [4.78, 5) is 12.0. The van der Waals surface area contributed by atoms with Gasteiger partial charge >= 0.3 is 0 Å². The van der Waals surface area contributed by atoms with Crippen molar-refractivity contribution in [2.24, 2.45) is 0 Å². The SMILES string of the molecule is COCOc1ccc(/C=C/C(=O)Nc2ccc(C)cc2C)cc1. The number of rotatable bonds is 6. The van der Waals surface area contributed by atoms with Gasteiger partial charge in [0.1, 0.15) is 5.75 Å². The highest BCUT2D eigenvalue weighted by Gasteiger charge is 2.01. The van der Waals surface area contributed by atoms with Crippen LogP contribution in [0.3, 0.4) is 0 Å². The molecule has 0 aliphatic rings. The van der Waals surface area contributed by atoms with Crippen LogP contribution in [0.1, 0.15) is 16.7 Å². The predicted octanol–water partition coefficient (Wildman–Crippen LogP) is 3.94. The Hall–Kier alpha value is -2.59. The number of benzene rings is 2. The lowest BCUT2D eigenvalue weighted by Crippen LogP contribution is -2.08. The summed E-state index contributed by atoms with van der Waals surface area (Å²) in [5, 5.41) is 2.88. The molecule has 0 fully saturated rings. The molecule has 4 nitrogen and oxygen atoms in total. The Balaban J connectivity index is 1.95. The van der Waals surface area contributed by atoms with Gasteiger partial charge in [-0.25, -0.2) is 0 Å². The van der Waals surface area contributed by atoms with E-state index in [1.165, 1.54) is 11.6 Å². The van der Waals surface area contributed by atoms with Gasteiger partial charge in [-0.05, 0) is 49.2 Å². The van der Waals surface area contributed by atoms with Gasteiger partial charge < -0.3 is 14.8 Å². The van der Waals surface area contributed by atoms with Crippen LogP contribution >= 0.6 is 0 Å². The number of nitrogens with one attached hydrogen (secondary N) is 1. The quantitative estimate of drug-likeness (QED) is 0.649. The summed E-state index contributed by atoms with van der Waals surface area (Å²) in [5.74, 6) is 0.570. The Morgan fingerprint density at radius 1 is 1.13 bits per heavy atom. The number of amides is 1. The van der Waals surface area contributed by atoms with Gasteiger partial charge in [-0.3, -0.25) is 4.79 Å². The second-order valence-electron chi connectivity index (χ2n) is 5.26. The molecule has 1 amide bonds. The maximum atomic E-state index is 12.0. The van der Waals surface area contributed by atoms with Gasteiger partial charge in [-0.15, -0.1) is 0 Å². The number of ether oxygens (including phenoxy) is 2. The van der Waals surface area contributed by atoms with E-state index in [9.17, 15) is 4.79 Å². The van der Waals surface area contributed by atoms with Crippen molar-refractivity contribution in [2.75, 3.05) is 19.2 Å². The molecule has 0 aliphatic heterocycles. The molecule has 0 atom stereocenters. The van der Waals surface area contributed by atoms with E-state index >= 15 is 0 Å². The van der Waals surface area contributed by atoms with Gasteiger partial charge in [0.25, 0.3) is 0 Å². The minimum Gasteiger partial charge on any atom is -0.468 e. The van der Waals surface area contributed by atoms with Crippen molar-refractivity contribution in [2.45, 2.75) is 13.8 Å². The third kappa shape index (κ3) is 5.27. The fourth-order valence-electron chi connectivity index (χ4n) is 2.10. The zero-order valence-electron chi connectivity index (χ0n) is 13.6. The molecule has 0 spiro atoms. The molecule has 0 aromatic heterocycles. The summed E-state index contributed by atoms with van der Waals surface area (Å²) in [6.07, 6.45) is 3.28. The van der Waals surface area contributed by atoms with Crippen molar-refractivity contribution in [1.29, 1.82) is 0 Å². The first-order chi connectivity index (χ1) is 11.1. The van der Waals surface area contributed by atoms with E-state index < -0.39 is 0 Å². The molecule has 2 aromatic rings. The normalized spacial score (nSPS) is 10.7. The number of hydrogen-bond donors (Lipinski definition) is 1. The lowest BCUT2D eigenvalue weighted by atomic mass is 10.1. The molecule has 2 rings (SSSR count). The second kappa shape index (κ2) is 8.15. The number of hydrogen-bond acceptors (Lipinski definition) is 3. The van der Waals surface area contributed by atoms with Crippen molar-refractivity contribution in [1.82, 2.24) is 0 Å². The van der Waals surface area contributed by atoms with Crippen molar-refractivity contribution in [3.63, 3.8) is 0 Å². The van der Waals surface area contributed by atoms with Gasteiger partial charge in [0.15, 0.2) is 6.79 Å². The van der Waals surface area contributed by atoms with Crippen molar-refractivity contribution >= 4 is 17.7 Å². The number of carbonyl (C=O) groups is 1. The number of carbonyl (C=O) groups excluding carboxylic acids is 1. The number of aryl methyl sites for hydroxylation is 2. The molecule has 0 saturated carbocycles. The van der Waals surface area contributed by atoms with Crippen LogP contribution in [0.15, 0.2) is 48.5 Å². The molecule has 120 valence electrons. The molecule has 0 bridgehead atoms. The second-order valence-corrected chi connectivity index (χ2v) is 5.26. The van der Waals surface area contributed by atoms with Gasteiger partial charge in [0.05, 0.1) is 0 Å². The highest BCUT2D eigenvalue weighted by molar-refractivity contribution is 6.02. The minimum absolute atomic E-state index is 0.156. The topological polar surface area (TPSA) is 47.6 Å². The van der Waals surface area contributed by atoms with Gasteiger partial charge in [-0.1, -0.05) is 29.8 Å². The maximum absolute atomic E-state index is 12.0. The van der Waals surface area contributed by atoms with Crippen LogP contribution in [0.5, 0.6) is 5.75 Å². The van der Waals surface area contributed by atoms with Gasteiger partial charge in [0, 0.05) is 18.9 Å². The van der Waals surface area contributed by atoms with Crippen LogP contribution in [0.2, 0.25) is 0 Å². The predicted molar refractivity (Wildman–Crippen MR) is 92.5 cm³/mol. The summed E-state index contributed by atoms with van der Waals surface area (Å²) in [5.41, 5.74) is 3.97. The van der Waals surface area contributed by atoms with Gasteiger partial charge in [0.2, 0.25) is 5.91 Å². The van der Waals surface area contributed by atoms with E-state index in [2.05, 4.69) is 5.32 Å². The van der Waals surface area contributed by atoms with Crippen LogP contribution in [0.4, 0.5) is 5.69 Å². The van der Waals surface area contributed by atoms with Crippen LogP contribution < -0.4 is 10.1 Å². The molecule has 23 heavy (non-hydrogen) atoms. The summed E-state index contributed by atoms with van der Waals surface area (Å²) in [7, 11) is 1.57. The average molecular weight is 311 g/mol. The molecule has 1 N–H and O–H groups in total. The van der Waals surface area contributed by atoms with Crippen molar-refractivity contribution < 1.29 is 14.3 Å². The van der Waals surface area contributed by atoms with E-state index in [0.717, 1.165) is 22.6 Å². The zero-order chi connectivity index (χ0) is 16.7. The first-order valence-corrected chi connectivity index (χ1v) is 7.36. The maximum Gasteiger partial charge on any atom is 0.248 e. The van der Waals surface area contributed by atoms with E-state index in [1.54, 1.807) is 13.2 Å². The van der Waals surface area contributed by atoms with E-state index in [-0.39, 0.29) is 12.7 Å². The highest BCUT2D eigenvalue weighted by atomic mass is 16.7. The Morgan fingerprint density at radius 3 is 2.52 bits per heavy atom. The Kier molecular flexibility index (Phi) is 5.94. The molecule has 0 radical (unpaired) electrons. The number of anilines is 1. The Bertz CT molecular complexity index is 690. The fraction of sp³-hybridized carbons (Fsp3) is 0.211. The number of methoxy groups -OCH3 is 1. The molecular formula is C19H21NO3. The van der Waals surface area contributed by atoms with Gasteiger partial charge in [-0.2, -0.15) is 0 Å². The summed E-state index contributed by atoms with van der Waals surface area (Å²) in [6, 6.07) is 13.4. The Labute approximate surface area is 136 Å². The zero-order valence-corrected chi connectivity index (χ0v) is 13.6. The monoisotopic (exact) mass is 311 g/mol. The summed E-state index contributed by atoms with van der Waals surface area (Å²) in [6.45, 7) is 4.22. The minimum atomic E-state index is -0.156. The summed E-state index contributed by atoms with van der Waals surface area (Å²) < 4.78 is 10.2. The van der Waals surface area contributed by atoms with E-state index in [1.807, 2.05) is 56.3 Å². The molecule has 0 aliphatic carbocycles. The largest absolute Gasteiger partial charge is 0.468 e. The van der Waals surface area contributed by atoms with Crippen molar-refractivity contribution in [3.8, 4) is 5.75 Å². The molecule has 4 heteroatoms. The van der Waals surface area contributed by atoms with E-state index in [4.69, 9.17) is 9.47 Å². The smallest absolute Gasteiger partial charge is 0.248 e. The molecule has 0 heterocycles. The molecule has 0 saturated heterocycles. The third-order valence-corrected chi connectivity index (χ3v) is 3.29. The van der Waals surface area contributed by atoms with Crippen LogP contribution in [0, 0.1) is 13.8 Å². The standard InChI is InChI=1S/C19H21NO3/c1-14-4-10-18(15(2)12-14)20-19(21)11-7-16-5-8-17(9-6-16)23-13-22-3/h4-12H,13H2,1-3H3,(H,20,21)/b11-7+. The first-order valence-electron chi connectivity index (χ1n) is 7.36. The molecule has 0 unspecified atom stereocenters. The Morgan fingerprint density at radius 2 is 1.87 bits per heavy atom. The average Bonchev–Trinajstić information content (AvgIpc) is 2.54. The lowest BCUT2D eigenvalue weighted by molar-refractivity contribution is -0.111. The molecule has 2 aromatic carbocycles. The third-order valence-electron chi connectivity index (χ3n) is 3.29. The lowest BCUT2D eigenvalue weighted by Gasteiger charge is -2.07. The van der Waals surface area contributed by atoms with Crippen molar-refractivity contribution in [3.05, 3.63) is 65.2 Å². The summed E-state index contributed by atoms with van der Waals surface area (Å²) >= 11 is 0. The highest BCUT2D eigenvalue weighted by Crippen LogP contribution is 2.16. The van der Waals surface area contributed by atoms with Crippen LogP contribution in [-0.4, -0.2) is 19.8 Å². The first kappa shape index (κ1) is 16.8. The molecular weight excluding hydrogens is 290 g/mol. The van der Waals surface area contributed by atoms with Crippen LogP contribution in [0.25, 0.3) is 6.08 Å². The fourth-order valence-corrected chi connectivity index (χ4v) is 2.10. The van der Waals surface area contributed by atoms with Crippen LogP contribution in [-0.2, 0) is 9.53 Å².